The van der Waals surface area contributed by atoms with E-state index in [1.165, 1.54) is 24.3 Å². The summed E-state index contributed by atoms with van der Waals surface area (Å²) in [4.78, 5) is 25.5. The van der Waals surface area contributed by atoms with Gasteiger partial charge in [0.25, 0.3) is 5.91 Å². The Balaban J connectivity index is 1.67. The van der Waals surface area contributed by atoms with E-state index in [0.717, 1.165) is 12.1 Å². The summed E-state index contributed by atoms with van der Waals surface area (Å²) in [5.41, 5.74) is -1.20. The van der Waals surface area contributed by atoms with Crippen LogP contribution in [0.1, 0.15) is 5.56 Å². The van der Waals surface area contributed by atoms with Gasteiger partial charge in [0.1, 0.15) is 5.58 Å². The van der Waals surface area contributed by atoms with E-state index in [1.54, 1.807) is 36.4 Å². The highest BCUT2D eigenvalue weighted by Crippen LogP contribution is 2.35. The third-order valence-corrected chi connectivity index (χ3v) is 4.94. The minimum atomic E-state index is -4.65. The number of anilines is 1. The molecule has 1 N–H and O–H groups in total. The molecule has 4 rings (SSSR count). The second-order valence-corrected chi connectivity index (χ2v) is 7.41. The number of halogens is 4. The molecule has 9 heteroatoms. The van der Waals surface area contributed by atoms with E-state index in [0.29, 0.717) is 10.6 Å². The fourth-order valence-corrected chi connectivity index (χ4v) is 3.40. The van der Waals surface area contributed by atoms with Crippen LogP contribution in [0.15, 0.2) is 82.0 Å². The van der Waals surface area contributed by atoms with Crippen LogP contribution in [0.3, 0.4) is 0 Å². The molecule has 33 heavy (non-hydrogen) atoms. The van der Waals surface area contributed by atoms with E-state index in [1.807, 2.05) is 0 Å². The normalized spacial score (nSPS) is 11.4. The third kappa shape index (κ3) is 4.85. The lowest BCUT2D eigenvalue weighted by molar-refractivity contribution is -0.137. The third-order valence-electron chi connectivity index (χ3n) is 4.70. The first-order valence-electron chi connectivity index (χ1n) is 9.64. The van der Waals surface area contributed by atoms with Crippen molar-refractivity contribution in [3.63, 3.8) is 0 Å². The van der Waals surface area contributed by atoms with Crippen LogP contribution in [0.4, 0.5) is 18.9 Å². The van der Waals surface area contributed by atoms with Crippen molar-refractivity contribution in [2.45, 2.75) is 6.18 Å². The van der Waals surface area contributed by atoms with Crippen molar-refractivity contribution in [1.82, 2.24) is 0 Å². The topological polar surface area (TPSA) is 68.5 Å². The van der Waals surface area contributed by atoms with Gasteiger partial charge in [0, 0.05) is 10.6 Å². The first-order valence-corrected chi connectivity index (χ1v) is 10.0. The lowest BCUT2D eigenvalue weighted by Crippen LogP contribution is -2.24. The van der Waals surface area contributed by atoms with Gasteiger partial charge >= 0.3 is 6.18 Å². The summed E-state index contributed by atoms with van der Waals surface area (Å²) in [5, 5.41) is 2.61. The van der Waals surface area contributed by atoms with Crippen LogP contribution < -0.4 is 15.5 Å². The molecule has 0 spiro atoms. The summed E-state index contributed by atoms with van der Waals surface area (Å²) < 4.78 is 50.9. The molecule has 0 radical (unpaired) electrons. The highest BCUT2D eigenvalue weighted by molar-refractivity contribution is 6.31. The maximum absolute atomic E-state index is 13.2. The number of ether oxygens (including phenoxy) is 1. The van der Waals surface area contributed by atoms with Crippen LogP contribution >= 0.6 is 11.6 Å². The number of carbonyl (C=O) groups excluding carboxylic acids is 1. The number of hydrogen-bond donors (Lipinski definition) is 1. The number of nitrogens with one attached hydrogen (secondary N) is 1. The average Bonchev–Trinajstić information content (AvgIpc) is 2.79. The Morgan fingerprint density at radius 2 is 1.70 bits per heavy atom. The van der Waals surface area contributed by atoms with Crippen molar-refractivity contribution in [2.75, 3.05) is 11.9 Å². The van der Waals surface area contributed by atoms with Crippen molar-refractivity contribution in [3.8, 4) is 17.1 Å². The molecule has 0 aliphatic heterocycles. The van der Waals surface area contributed by atoms with E-state index >= 15 is 0 Å². The molecule has 1 aromatic heterocycles. The molecular weight excluding hydrogens is 459 g/mol. The van der Waals surface area contributed by atoms with Gasteiger partial charge in [-0.2, -0.15) is 13.2 Å². The molecule has 1 amide bonds. The molecule has 0 aliphatic rings. The number of fused-ring (bicyclic) bond motifs is 1. The van der Waals surface area contributed by atoms with Crippen molar-refractivity contribution in [3.05, 3.63) is 93.6 Å². The smallest absolute Gasteiger partial charge is 0.418 e. The lowest BCUT2D eigenvalue weighted by atomic mass is 10.1. The molecule has 3 aromatic carbocycles. The van der Waals surface area contributed by atoms with Crippen LogP contribution in [-0.2, 0) is 11.0 Å². The summed E-state index contributed by atoms with van der Waals surface area (Å²) in [6, 6.07) is 17.7. The number of hydrogen-bond acceptors (Lipinski definition) is 4. The van der Waals surface area contributed by atoms with Crippen molar-refractivity contribution >= 4 is 34.2 Å². The first kappa shape index (κ1) is 22.4. The van der Waals surface area contributed by atoms with E-state index < -0.39 is 35.4 Å². The molecule has 0 unspecified atom stereocenters. The minimum Gasteiger partial charge on any atom is -0.476 e. The van der Waals surface area contributed by atoms with Gasteiger partial charge in [0.15, 0.2) is 12.4 Å². The summed E-state index contributed by atoms with van der Waals surface area (Å²) >= 11 is 5.99. The van der Waals surface area contributed by atoms with Crippen molar-refractivity contribution in [1.29, 1.82) is 0 Å². The van der Waals surface area contributed by atoms with Crippen molar-refractivity contribution in [2.24, 2.45) is 0 Å². The summed E-state index contributed by atoms with van der Waals surface area (Å²) in [5.74, 6) is -1.05. The predicted molar refractivity (Wildman–Crippen MR) is 118 cm³/mol. The Morgan fingerprint density at radius 3 is 2.42 bits per heavy atom. The molecule has 0 atom stereocenters. The Bertz CT molecular complexity index is 1380. The Hall–Kier alpha value is -3.78. The highest BCUT2D eigenvalue weighted by atomic mass is 35.5. The van der Waals surface area contributed by atoms with Gasteiger partial charge in [0.05, 0.1) is 16.6 Å². The molecule has 1 heterocycles. The van der Waals surface area contributed by atoms with Crippen LogP contribution in [0.2, 0.25) is 5.02 Å². The van der Waals surface area contributed by atoms with Crippen LogP contribution in [0.25, 0.3) is 22.3 Å². The fraction of sp³-hybridized carbons (Fsp3) is 0.0833. The SMILES string of the molecule is O=C(COc1c(-c2ccccc2)oc2ccc(Cl)cc2c1=O)Nc1ccccc1C(F)(F)F. The molecule has 0 aliphatic carbocycles. The zero-order chi connectivity index (χ0) is 23.6. The summed E-state index contributed by atoms with van der Waals surface area (Å²) in [6.45, 7) is -0.719. The van der Waals surface area contributed by atoms with Gasteiger partial charge in [-0.05, 0) is 30.3 Å². The number of para-hydroxylation sites is 1. The summed E-state index contributed by atoms with van der Waals surface area (Å²) in [7, 11) is 0. The van der Waals surface area contributed by atoms with Gasteiger partial charge in [-0.3, -0.25) is 9.59 Å². The maximum atomic E-state index is 13.2. The number of rotatable bonds is 5. The molecule has 0 saturated heterocycles. The Morgan fingerprint density at radius 1 is 1.00 bits per heavy atom. The van der Waals surface area contributed by atoms with Crippen molar-refractivity contribution < 1.29 is 27.1 Å². The molecule has 0 saturated carbocycles. The molecule has 0 bridgehead atoms. The van der Waals surface area contributed by atoms with Gasteiger partial charge in [-0.1, -0.05) is 54.1 Å². The van der Waals surface area contributed by atoms with Crippen LogP contribution in [0.5, 0.6) is 5.75 Å². The van der Waals surface area contributed by atoms with Gasteiger partial charge in [0.2, 0.25) is 11.2 Å². The van der Waals surface area contributed by atoms with Gasteiger partial charge < -0.3 is 14.5 Å². The quantitative estimate of drug-likeness (QED) is 0.377. The van der Waals surface area contributed by atoms with Crippen LogP contribution in [0, 0.1) is 0 Å². The zero-order valence-electron chi connectivity index (χ0n) is 16.8. The number of benzene rings is 3. The lowest BCUT2D eigenvalue weighted by Gasteiger charge is -2.14. The first-order chi connectivity index (χ1) is 15.7. The van der Waals surface area contributed by atoms with E-state index in [9.17, 15) is 22.8 Å². The molecule has 5 nitrogen and oxygen atoms in total. The largest absolute Gasteiger partial charge is 0.476 e. The number of alkyl halides is 3. The zero-order valence-corrected chi connectivity index (χ0v) is 17.5. The number of carbonyl (C=O) groups is 1. The second kappa shape index (κ2) is 8.99. The Kier molecular flexibility index (Phi) is 6.11. The molecule has 0 fully saturated rings. The highest BCUT2D eigenvalue weighted by Gasteiger charge is 2.33. The van der Waals surface area contributed by atoms with Crippen LogP contribution in [-0.4, -0.2) is 12.5 Å². The fourth-order valence-electron chi connectivity index (χ4n) is 3.22. The van der Waals surface area contributed by atoms with E-state index in [2.05, 4.69) is 5.32 Å². The number of amides is 1. The maximum Gasteiger partial charge on any atom is 0.418 e. The molecule has 4 aromatic rings. The Labute approximate surface area is 190 Å². The minimum absolute atomic E-state index is 0.0823. The van der Waals surface area contributed by atoms with Gasteiger partial charge in [-0.25, -0.2) is 0 Å². The predicted octanol–water partition coefficient (Wildman–Crippen LogP) is 6.15. The standard InChI is InChI=1S/C24H15ClF3NO4/c25-15-10-11-19-16(12-15)21(31)23(22(33-19)14-6-2-1-3-7-14)32-13-20(30)29-18-9-5-4-8-17(18)24(26,27)28/h1-12H,13H2,(H,29,30). The average molecular weight is 474 g/mol. The molecular formula is C24H15ClF3NO4. The monoisotopic (exact) mass is 473 g/mol. The van der Waals surface area contributed by atoms with E-state index in [4.69, 9.17) is 20.8 Å². The second-order valence-electron chi connectivity index (χ2n) is 6.98. The molecule has 168 valence electrons. The van der Waals surface area contributed by atoms with E-state index in [-0.39, 0.29) is 22.5 Å². The van der Waals surface area contributed by atoms with Gasteiger partial charge in [-0.15, -0.1) is 0 Å². The summed E-state index contributed by atoms with van der Waals surface area (Å²) in [6.07, 6.45) is -4.65.